The van der Waals surface area contributed by atoms with Crippen LogP contribution < -0.4 is 5.56 Å². The predicted molar refractivity (Wildman–Crippen MR) is 83.2 cm³/mol. The fourth-order valence-corrected chi connectivity index (χ4v) is 4.38. The Kier molecular flexibility index (Phi) is 3.11. The number of hydrogen-bond donors (Lipinski definition) is 0. The van der Waals surface area contributed by atoms with Crippen LogP contribution in [0.2, 0.25) is 0 Å². The average molecular weight is 316 g/mol. The van der Waals surface area contributed by atoms with Crippen LogP contribution >= 0.6 is 11.3 Å². The number of thiophene rings is 1. The molecule has 7 heteroatoms. The molecular formula is C15H16N4O2S. The SMILES string of the molecule is Cc1nc(Cn2cnc3sc4c(c3c2=O)CC[C@H](C)C4)no1. The minimum absolute atomic E-state index is 0.000457. The molecule has 22 heavy (non-hydrogen) atoms. The molecular weight excluding hydrogens is 300 g/mol. The van der Waals surface area contributed by atoms with Crippen molar-refractivity contribution in [2.24, 2.45) is 5.92 Å². The van der Waals surface area contributed by atoms with Crippen LogP contribution in [0.1, 0.15) is 35.5 Å². The number of nitrogens with zero attached hydrogens (tertiary/aromatic N) is 4. The highest BCUT2D eigenvalue weighted by atomic mass is 32.1. The molecule has 4 rings (SSSR count). The van der Waals surface area contributed by atoms with Crippen molar-refractivity contribution >= 4 is 21.6 Å². The van der Waals surface area contributed by atoms with E-state index >= 15 is 0 Å². The molecule has 114 valence electrons. The topological polar surface area (TPSA) is 73.8 Å². The molecule has 0 aromatic carbocycles. The van der Waals surface area contributed by atoms with E-state index in [0.717, 1.165) is 29.5 Å². The van der Waals surface area contributed by atoms with Crippen molar-refractivity contribution in [3.8, 4) is 0 Å². The summed E-state index contributed by atoms with van der Waals surface area (Å²) >= 11 is 1.66. The third-order valence-corrected chi connectivity index (χ3v) is 5.33. The number of hydrogen-bond acceptors (Lipinski definition) is 6. The fraction of sp³-hybridized carbons (Fsp3) is 0.467. The number of fused-ring (bicyclic) bond motifs is 3. The minimum Gasteiger partial charge on any atom is -0.340 e. The summed E-state index contributed by atoms with van der Waals surface area (Å²) in [5.41, 5.74) is 1.20. The van der Waals surface area contributed by atoms with Gasteiger partial charge in [-0.2, -0.15) is 4.98 Å². The largest absolute Gasteiger partial charge is 0.340 e. The smallest absolute Gasteiger partial charge is 0.262 e. The first-order valence-corrected chi connectivity index (χ1v) is 8.22. The third-order valence-electron chi connectivity index (χ3n) is 4.16. The summed E-state index contributed by atoms with van der Waals surface area (Å²) in [5.74, 6) is 1.68. The molecule has 0 unspecified atom stereocenters. The molecule has 1 aliphatic rings. The maximum Gasteiger partial charge on any atom is 0.262 e. The third kappa shape index (κ3) is 2.16. The molecule has 0 amide bonds. The molecule has 0 N–H and O–H groups in total. The Labute approximate surface area is 130 Å². The van der Waals surface area contributed by atoms with Gasteiger partial charge in [-0.05, 0) is 30.7 Å². The first-order chi connectivity index (χ1) is 10.6. The van der Waals surface area contributed by atoms with Crippen molar-refractivity contribution < 1.29 is 4.52 Å². The van der Waals surface area contributed by atoms with Gasteiger partial charge in [-0.3, -0.25) is 9.36 Å². The number of aromatic nitrogens is 4. The van der Waals surface area contributed by atoms with Crippen LogP contribution in [0.4, 0.5) is 0 Å². The molecule has 1 atom stereocenters. The van der Waals surface area contributed by atoms with Crippen LogP contribution in [0.25, 0.3) is 10.2 Å². The lowest BCUT2D eigenvalue weighted by atomic mass is 9.89. The Bertz CT molecular complexity index is 908. The van der Waals surface area contributed by atoms with Gasteiger partial charge in [0.05, 0.1) is 18.3 Å². The molecule has 0 saturated heterocycles. The van der Waals surface area contributed by atoms with Crippen LogP contribution in [-0.2, 0) is 19.4 Å². The lowest BCUT2D eigenvalue weighted by Crippen LogP contribution is -2.22. The lowest BCUT2D eigenvalue weighted by molar-refractivity contribution is 0.386. The molecule has 3 aromatic heterocycles. The van der Waals surface area contributed by atoms with E-state index in [1.165, 1.54) is 10.4 Å². The highest BCUT2D eigenvalue weighted by Gasteiger charge is 2.23. The van der Waals surface area contributed by atoms with Gasteiger partial charge in [0.25, 0.3) is 5.56 Å². The van der Waals surface area contributed by atoms with Gasteiger partial charge in [-0.15, -0.1) is 11.3 Å². The summed E-state index contributed by atoms with van der Waals surface area (Å²) < 4.78 is 6.52. The minimum atomic E-state index is -0.000457. The summed E-state index contributed by atoms with van der Waals surface area (Å²) in [5, 5.41) is 4.63. The predicted octanol–water partition coefficient (Wildman–Crippen LogP) is 2.32. The van der Waals surface area contributed by atoms with Crippen LogP contribution in [0.3, 0.4) is 0 Å². The Balaban J connectivity index is 1.81. The van der Waals surface area contributed by atoms with Crippen molar-refractivity contribution in [1.29, 1.82) is 0 Å². The van der Waals surface area contributed by atoms with Gasteiger partial charge < -0.3 is 4.52 Å². The van der Waals surface area contributed by atoms with E-state index in [0.29, 0.717) is 24.2 Å². The van der Waals surface area contributed by atoms with Crippen LogP contribution in [0.5, 0.6) is 0 Å². The molecule has 0 spiro atoms. The van der Waals surface area contributed by atoms with E-state index < -0.39 is 0 Å². The first-order valence-electron chi connectivity index (χ1n) is 7.40. The van der Waals surface area contributed by atoms with E-state index in [2.05, 4.69) is 22.0 Å². The molecule has 3 aromatic rings. The van der Waals surface area contributed by atoms with Gasteiger partial charge >= 0.3 is 0 Å². The second kappa shape index (κ2) is 5.01. The summed E-state index contributed by atoms with van der Waals surface area (Å²) in [6.45, 7) is 4.29. The van der Waals surface area contributed by atoms with Crippen molar-refractivity contribution in [2.75, 3.05) is 0 Å². The van der Waals surface area contributed by atoms with Gasteiger partial charge in [-0.1, -0.05) is 12.1 Å². The fourth-order valence-electron chi connectivity index (χ4n) is 3.04. The van der Waals surface area contributed by atoms with Crippen molar-refractivity contribution in [2.45, 2.75) is 39.7 Å². The normalized spacial score (nSPS) is 17.8. The van der Waals surface area contributed by atoms with E-state index in [4.69, 9.17) is 4.52 Å². The molecule has 0 saturated carbocycles. The van der Waals surface area contributed by atoms with Crippen molar-refractivity contribution in [1.82, 2.24) is 19.7 Å². The summed E-state index contributed by atoms with van der Waals surface area (Å²) in [4.78, 5) is 23.6. The Hall–Kier alpha value is -2.02. The molecule has 3 heterocycles. The number of aryl methyl sites for hydroxylation is 2. The van der Waals surface area contributed by atoms with Gasteiger partial charge in [0, 0.05) is 11.8 Å². The van der Waals surface area contributed by atoms with Gasteiger partial charge in [-0.25, -0.2) is 4.98 Å². The number of rotatable bonds is 2. The molecule has 0 radical (unpaired) electrons. The molecule has 0 bridgehead atoms. The van der Waals surface area contributed by atoms with Crippen LogP contribution in [-0.4, -0.2) is 19.7 Å². The average Bonchev–Trinajstić information content (AvgIpc) is 3.05. The zero-order valence-corrected chi connectivity index (χ0v) is 13.3. The quantitative estimate of drug-likeness (QED) is 0.725. The summed E-state index contributed by atoms with van der Waals surface area (Å²) in [7, 11) is 0. The van der Waals surface area contributed by atoms with Crippen molar-refractivity contribution in [3.05, 3.63) is 38.8 Å². The Morgan fingerprint density at radius 2 is 2.36 bits per heavy atom. The molecule has 6 nitrogen and oxygen atoms in total. The standard InChI is InChI=1S/C15H16N4O2S/c1-8-3-4-10-11(5-8)22-14-13(10)15(20)19(7-16-14)6-12-17-9(2)21-18-12/h7-8H,3-6H2,1-2H3/t8-/m0/s1. The van der Waals surface area contributed by atoms with Crippen molar-refractivity contribution in [3.63, 3.8) is 0 Å². The lowest BCUT2D eigenvalue weighted by Gasteiger charge is -2.17. The second-order valence-corrected chi connectivity index (χ2v) is 7.02. The molecule has 0 fully saturated rings. The van der Waals surface area contributed by atoms with E-state index in [-0.39, 0.29) is 5.56 Å². The van der Waals surface area contributed by atoms with Gasteiger partial charge in [0.2, 0.25) is 5.89 Å². The van der Waals surface area contributed by atoms with E-state index in [1.54, 1.807) is 29.2 Å². The second-order valence-electron chi connectivity index (χ2n) is 5.94. The highest BCUT2D eigenvalue weighted by molar-refractivity contribution is 7.18. The van der Waals surface area contributed by atoms with Crippen LogP contribution in [0, 0.1) is 12.8 Å². The van der Waals surface area contributed by atoms with Crippen LogP contribution in [0.15, 0.2) is 15.6 Å². The highest BCUT2D eigenvalue weighted by Crippen LogP contribution is 2.35. The molecule has 0 aliphatic heterocycles. The monoisotopic (exact) mass is 316 g/mol. The van der Waals surface area contributed by atoms with E-state index in [9.17, 15) is 4.79 Å². The Morgan fingerprint density at radius 3 is 3.14 bits per heavy atom. The maximum absolute atomic E-state index is 12.8. The zero-order valence-electron chi connectivity index (χ0n) is 12.5. The first kappa shape index (κ1) is 13.6. The van der Waals surface area contributed by atoms with E-state index in [1.807, 2.05) is 0 Å². The van der Waals surface area contributed by atoms with Gasteiger partial charge in [0.15, 0.2) is 5.82 Å². The summed E-state index contributed by atoms with van der Waals surface area (Å²) in [6.07, 6.45) is 4.75. The Morgan fingerprint density at radius 1 is 1.50 bits per heavy atom. The maximum atomic E-state index is 12.8. The zero-order chi connectivity index (χ0) is 15.3. The van der Waals surface area contributed by atoms with Gasteiger partial charge in [0.1, 0.15) is 4.83 Å². The molecule has 1 aliphatic carbocycles. The summed E-state index contributed by atoms with van der Waals surface area (Å²) in [6, 6.07) is 0.